The van der Waals surface area contributed by atoms with Crippen molar-refractivity contribution in [1.29, 1.82) is 0 Å². The number of rotatable bonds is 4. The summed E-state index contributed by atoms with van der Waals surface area (Å²) in [5, 5.41) is 2.77. The van der Waals surface area contributed by atoms with E-state index in [1.807, 2.05) is 30.5 Å². The first-order valence-corrected chi connectivity index (χ1v) is 7.85. The fraction of sp³-hybridized carbons (Fsp3) is 0.286. The molecule has 1 unspecified atom stereocenters. The fourth-order valence-electron chi connectivity index (χ4n) is 1.90. The molecule has 0 saturated carbocycles. The molecule has 0 aliphatic carbocycles. The molecule has 1 heterocycles. The van der Waals surface area contributed by atoms with Gasteiger partial charge in [0.2, 0.25) is 0 Å². The third kappa shape index (κ3) is 2.91. The van der Waals surface area contributed by atoms with E-state index in [4.69, 9.17) is 21.1 Å². The number of alkyl halides is 1. The van der Waals surface area contributed by atoms with E-state index in [9.17, 15) is 0 Å². The van der Waals surface area contributed by atoms with E-state index in [-0.39, 0.29) is 4.83 Å². The van der Waals surface area contributed by atoms with E-state index in [0.717, 1.165) is 32.5 Å². The molecule has 0 radical (unpaired) electrons. The standard InChI is InChI=1S/C14H14BrClO2S/c1-8-6-11(17-2)12(18-3)7-9(8)13(15)14-10(16)4-5-19-14/h4-7,13H,1-3H3. The van der Waals surface area contributed by atoms with Crippen LogP contribution in [0.3, 0.4) is 0 Å². The number of aryl methyl sites for hydroxylation is 1. The molecule has 2 nitrogen and oxygen atoms in total. The van der Waals surface area contributed by atoms with Gasteiger partial charge in [-0.3, -0.25) is 0 Å². The molecule has 0 bridgehead atoms. The highest BCUT2D eigenvalue weighted by Gasteiger charge is 2.19. The summed E-state index contributed by atoms with van der Waals surface area (Å²) in [6, 6.07) is 5.87. The number of hydrogen-bond donors (Lipinski definition) is 0. The van der Waals surface area contributed by atoms with Crippen LogP contribution >= 0.6 is 38.9 Å². The zero-order valence-corrected chi connectivity index (χ0v) is 14.0. The quantitative estimate of drug-likeness (QED) is 0.696. The number of thiophene rings is 1. The molecule has 1 atom stereocenters. The summed E-state index contributed by atoms with van der Waals surface area (Å²) in [4.78, 5) is 1.15. The molecule has 0 N–H and O–H groups in total. The highest BCUT2D eigenvalue weighted by molar-refractivity contribution is 9.09. The van der Waals surface area contributed by atoms with Crippen molar-refractivity contribution in [2.24, 2.45) is 0 Å². The minimum atomic E-state index is 0.0554. The van der Waals surface area contributed by atoms with Crippen LogP contribution in [0.2, 0.25) is 5.02 Å². The summed E-state index contributed by atoms with van der Waals surface area (Å²) >= 11 is 11.5. The zero-order valence-electron chi connectivity index (χ0n) is 10.9. The van der Waals surface area contributed by atoms with Crippen LogP contribution in [0, 0.1) is 6.92 Å². The van der Waals surface area contributed by atoms with Crippen molar-refractivity contribution in [2.75, 3.05) is 14.2 Å². The molecule has 19 heavy (non-hydrogen) atoms. The molecule has 0 aliphatic heterocycles. The Kier molecular flexibility index (Phi) is 4.76. The second-order valence-corrected chi connectivity index (χ2v) is 6.33. The predicted octanol–water partition coefficient (Wildman–Crippen LogP) is 5.21. The van der Waals surface area contributed by atoms with E-state index in [1.165, 1.54) is 0 Å². The van der Waals surface area contributed by atoms with Gasteiger partial charge in [-0.05, 0) is 41.6 Å². The molecule has 0 aliphatic rings. The van der Waals surface area contributed by atoms with Gasteiger partial charge in [0, 0.05) is 4.88 Å². The van der Waals surface area contributed by atoms with Crippen LogP contribution in [0.4, 0.5) is 0 Å². The van der Waals surface area contributed by atoms with Gasteiger partial charge in [-0.15, -0.1) is 11.3 Å². The largest absolute Gasteiger partial charge is 0.493 e. The maximum atomic E-state index is 6.19. The number of methoxy groups -OCH3 is 2. The Balaban J connectivity index is 2.48. The lowest BCUT2D eigenvalue weighted by atomic mass is 10.0. The molecule has 1 aromatic carbocycles. The Morgan fingerprint density at radius 3 is 2.37 bits per heavy atom. The zero-order chi connectivity index (χ0) is 14.0. The van der Waals surface area contributed by atoms with Gasteiger partial charge in [0.15, 0.2) is 11.5 Å². The molecular weight excluding hydrogens is 348 g/mol. The van der Waals surface area contributed by atoms with Crippen LogP contribution in [-0.2, 0) is 0 Å². The minimum absolute atomic E-state index is 0.0554. The smallest absolute Gasteiger partial charge is 0.161 e. The highest BCUT2D eigenvalue weighted by Crippen LogP contribution is 2.42. The average Bonchev–Trinajstić information content (AvgIpc) is 2.83. The predicted molar refractivity (Wildman–Crippen MR) is 84.4 cm³/mol. The summed E-state index contributed by atoms with van der Waals surface area (Å²) in [5.74, 6) is 1.46. The average molecular weight is 362 g/mol. The van der Waals surface area contributed by atoms with Gasteiger partial charge in [0.1, 0.15) is 0 Å². The lowest BCUT2D eigenvalue weighted by molar-refractivity contribution is 0.354. The van der Waals surface area contributed by atoms with Crippen molar-refractivity contribution in [2.45, 2.75) is 11.8 Å². The normalized spacial score (nSPS) is 12.3. The molecule has 0 saturated heterocycles. The van der Waals surface area contributed by atoms with Gasteiger partial charge in [0.25, 0.3) is 0 Å². The van der Waals surface area contributed by atoms with Crippen molar-refractivity contribution in [3.8, 4) is 11.5 Å². The first-order valence-electron chi connectivity index (χ1n) is 5.68. The number of halogens is 2. The van der Waals surface area contributed by atoms with Crippen molar-refractivity contribution >= 4 is 38.9 Å². The summed E-state index contributed by atoms with van der Waals surface area (Å²) < 4.78 is 10.7. The monoisotopic (exact) mass is 360 g/mol. The maximum absolute atomic E-state index is 6.19. The topological polar surface area (TPSA) is 18.5 Å². The molecule has 0 spiro atoms. The summed E-state index contributed by atoms with van der Waals surface area (Å²) in [6.45, 7) is 2.05. The lowest BCUT2D eigenvalue weighted by Crippen LogP contribution is -1.98. The van der Waals surface area contributed by atoms with Gasteiger partial charge in [-0.2, -0.15) is 0 Å². The Labute approximate surface area is 130 Å². The third-order valence-electron chi connectivity index (χ3n) is 2.92. The Bertz CT molecular complexity index is 583. The van der Waals surface area contributed by atoms with Gasteiger partial charge in [-0.25, -0.2) is 0 Å². The van der Waals surface area contributed by atoms with Crippen LogP contribution in [-0.4, -0.2) is 14.2 Å². The van der Waals surface area contributed by atoms with Crippen LogP contribution in [0.15, 0.2) is 23.6 Å². The van der Waals surface area contributed by atoms with Gasteiger partial charge >= 0.3 is 0 Å². The summed E-state index contributed by atoms with van der Waals surface area (Å²) in [6.07, 6.45) is 0. The van der Waals surface area contributed by atoms with Gasteiger partial charge in [0.05, 0.1) is 24.1 Å². The SMILES string of the molecule is COc1cc(C)c(C(Br)c2sccc2Cl)cc1OC. The van der Waals surface area contributed by atoms with Gasteiger partial charge < -0.3 is 9.47 Å². The van der Waals surface area contributed by atoms with Crippen LogP contribution in [0.1, 0.15) is 20.8 Å². The van der Waals surface area contributed by atoms with Crippen LogP contribution in [0.5, 0.6) is 11.5 Å². The second kappa shape index (κ2) is 6.16. The molecule has 0 fully saturated rings. The van der Waals surface area contributed by atoms with Crippen LogP contribution < -0.4 is 9.47 Å². The van der Waals surface area contributed by atoms with Crippen molar-refractivity contribution in [1.82, 2.24) is 0 Å². The van der Waals surface area contributed by atoms with E-state index in [0.29, 0.717) is 0 Å². The highest BCUT2D eigenvalue weighted by atomic mass is 79.9. The Morgan fingerprint density at radius 2 is 1.84 bits per heavy atom. The number of hydrogen-bond acceptors (Lipinski definition) is 3. The first-order chi connectivity index (χ1) is 9.08. The van der Waals surface area contributed by atoms with Crippen molar-refractivity contribution in [3.63, 3.8) is 0 Å². The first kappa shape index (κ1) is 14.7. The number of benzene rings is 1. The second-order valence-electron chi connectivity index (χ2n) is 4.06. The van der Waals surface area contributed by atoms with Crippen molar-refractivity contribution in [3.05, 3.63) is 44.6 Å². The van der Waals surface area contributed by atoms with E-state index in [2.05, 4.69) is 15.9 Å². The van der Waals surface area contributed by atoms with Crippen LogP contribution in [0.25, 0.3) is 0 Å². The van der Waals surface area contributed by atoms with Crippen molar-refractivity contribution < 1.29 is 9.47 Å². The minimum Gasteiger partial charge on any atom is -0.493 e. The maximum Gasteiger partial charge on any atom is 0.161 e. The molecule has 0 amide bonds. The van der Waals surface area contributed by atoms with E-state index < -0.39 is 0 Å². The molecule has 102 valence electrons. The van der Waals surface area contributed by atoms with Gasteiger partial charge in [-0.1, -0.05) is 27.5 Å². The summed E-state index contributed by atoms with van der Waals surface area (Å²) in [7, 11) is 3.27. The summed E-state index contributed by atoms with van der Waals surface area (Å²) in [5.41, 5.74) is 2.26. The molecular formula is C14H14BrClO2S. The lowest BCUT2D eigenvalue weighted by Gasteiger charge is -2.16. The fourth-order valence-corrected chi connectivity index (χ4v) is 4.25. The molecule has 1 aromatic heterocycles. The third-order valence-corrected chi connectivity index (χ3v) is 5.60. The molecule has 5 heteroatoms. The molecule has 2 aromatic rings. The Hall–Kier alpha value is -0.710. The van der Waals surface area contributed by atoms with E-state index in [1.54, 1.807) is 25.6 Å². The van der Waals surface area contributed by atoms with E-state index >= 15 is 0 Å². The Morgan fingerprint density at radius 1 is 1.21 bits per heavy atom. The molecule has 2 rings (SSSR count). The number of ether oxygens (including phenoxy) is 2.